The third kappa shape index (κ3) is 0.698. The Labute approximate surface area is 42.4 Å². The fourth-order valence-corrected chi connectivity index (χ4v) is 0.272. The normalized spacial score (nSPS) is 61.2. The van der Waals surface area contributed by atoms with Crippen molar-refractivity contribution < 1.29 is 15.3 Å². The van der Waals surface area contributed by atoms with Gasteiger partial charge < -0.3 is 9.84 Å². The maximum Gasteiger partial charge on any atom is 0.0795 e. The number of hydrogen-bond donors (Lipinski definition) is 1. The Kier molecular flexibility index (Phi) is 0.383. The van der Waals surface area contributed by atoms with Gasteiger partial charge in [0.25, 0.3) is 0 Å². The molecule has 0 radical (unpaired) electrons. The molecule has 1 heterocycles. The first-order chi connectivity index (χ1) is 4.33. The van der Waals surface area contributed by atoms with E-state index >= 15 is 0 Å². The van der Waals surface area contributed by atoms with Crippen LogP contribution in [0, 0.1) is 0 Å². The fourth-order valence-electron chi connectivity index (χ4n) is 0.272. The molecule has 1 fully saturated rings. The molecule has 1 aliphatic rings. The molecular formula is C4H8O2. The van der Waals surface area contributed by atoms with E-state index in [-0.39, 0.29) is 6.42 Å². The monoisotopic (exact) mass is 92.1 g/mol. The quantitative estimate of drug-likeness (QED) is 0.447. The highest BCUT2D eigenvalue weighted by Gasteiger charge is 2.09. The van der Waals surface area contributed by atoms with Crippen molar-refractivity contribution in [3.8, 4) is 0 Å². The van der Waals surface area contributed by atoms with Gasteiger partial charge in [-0.25, -0.2) is 0 Å². The first kappa shape index (κ1) is 1.46. The summed E-state index contributed by atoms with van der Waals surface area (Å²) < 4.78 is 31.9. The molecule has 36 valence electrons. The molecule has 2 heteroatoms. The van der Waals surface area contributed by atoms with Crippen LogP contribution in [0.2, 0.25) is 0 Å². The molecule has 1 atom stereocenters. The molecule has 6 heavy (non-hydrogen) atoms. The highest BCUT2D eigenvalue weighted by Crippen LogP contribution is 2.00. The average Bonchev–Trinajstić information content (AvgIpc) is 1.73. The molecule has 1 rings (SSSR count). The summed E-state index contributed by atoms with van der Waals surface area (Å²) in [6.07, 6.45) is -1.66. The zero-order valence-corrected chi connectivity index (χ0v) is 3.14. The van der Waals surface area contributed by atoms with Crippen LogP contribution >= 0.6 is 0 Å². The summed E-state index contributed by atoms with van der Waals surface area (Å²) in [5, 5.41) is 8.85. The van der Waals surface area contributed by atoms with Gasteiger partial charge in [0, 0.05) is 6.56 Å². The van der Waals surface area contributed by atoms with Crippen LogP contribution in [0.4, 0.5) is 0 Å². The molecule has 1 saturated heterocycles. The van der Waals surface area contributed by atoms with E-state index in [4.69, 9.17) is 10.6 Å². The minimum atomic E-state index is -2.23. The standard InChI is InChI=1S/C4H8O2/c5-4-1-2-6-3-4/h4-5H,1-3H2/t4-/m0/s1/i2D2,3D2. The lowest BCUT2D eigenvalue weighted by Gasteiger charge is -1.89. The third-order valence-corrected chi connectivity index (χ3v) is 0.544. The molecule has 0 unspecified atom stereocenters. The minimum Gasteiger partial charge on any atom is -0.391 e. The predicted octanol–water partition coefficient (Wildman–Crippen LogP) is -0.232. The van der Waals surface area contributed by atoms with Gasteiger partial charge in [0.2, 0.25) is 0 Å². The SMILES string of the molecule is [2H]C1([2H])C[C@H](O)C([2H])([2H])O1. The Morgan fingerprint density at radius 1 is 2.00 bits per heavy atom. The van der Waals surface area contributed by atoms with Crippen molar-refractivity contribution in [3.05, 3.63) is 0 Å². The van der Waals surface area contributed by atoms with Crippen LogP contribution < -0.4 is 0 Å². The molecule has 0 aromatic heterocycles. The Balaban J connectivity index is 2.71. The summed E-state index contributed by atoms with van der Waals surface area (Å²) in [6.45, 7) is -4.26. The second-order valence-corrected chi connectivity index (χ2v) is 1.08. The fraction of sp³-hybridized carbons (Fsp3) is 1.00. The molecule has 0 amide bonds. The van der Waals surface area contributed by atoms with E-state index in [0.717, 1.165) is 0 Å². The van der Waals surface area contributed by atoms with Crippen LogP contribution in [-0.4, -0.2) is 24.3 Å². The van der Waals surface area contributed by atoms with Crippen LogP contribution in [0.1, 0.15) is 11.9 Å². The maximum atomic E-state index is 8.85. The van der Waals surface area contributed by atoms with Gasteiger partial charge >= 0.3 is 0 Å². The van der Waals surface area contributed by atoms with Crippen molar-refractivity contribution in [1.82, 2.24) is 0 Å². The second-order valence-electron chi connectivity index (χ2n) is 1.08. The molecule has 0 aromatic carbocycles. The lowest BCUT2D eigenvalue weighted by Crippen LogP contribution is -2.02. The summed E-state index contributed by atoms with van der Waals surface area (Å²) in [5.74, 6) is 0. The predicted molar refractivity (Wildman–Crippen MR) is 21.4 cm³/mol. The van der Waals surface area contributed by atoms with Crippen molar-refractivity contribution in [2.75, 3.05) is 13.1 Å². The first-order valence-electron chi connectivity index (χ1n) is 3.72. The number of ether oxygens (including phenoxy) is 1. The van der Waals surface area contributed by atoms with Crippen LogP contribution in [-0.2, 0) is 4.74 Å². The highest BCUT2D eigenvalue weighted by molar-refractivity contribution is 4.58. The van der Waals surface area contributed by atoms with Crippen molar-refractivity contribution >= 4 is 0 Å². The summed E-state index contributed by atoms with van der Waals surface area (Å²) in [7, 11) is 0. The van der Waals surface area contributed by atoms with Gasteiger partial charge in [-0.05, 0) is 6.42 Å². The number of rotatable bonds is 0. The summed E-state index contributed by atoms with van der Waals surface area (Å²) in [5.41, 5.74) is 0. The van der Waals surface area contributed by atoms with Gasteiger partial charge in [-0.3, -0.25) is 0 Å². The molecular weight excluding hydrogens is 80.0 g/mol. The Hall–Kier alpha value is -0.0800. The zero-order chi connectivity index (χ0) is 7.99. The first-order valence-corrected chi connectivity index (χ1v) is 1.72. The summed E-state index contributed by atoms with van der Waals surface area (Å²) in [6, 6.07) is 0. The molecule has 1 aliphatic heterocycles. The van der Waals surface area contributed by atoms with Gasteiger partial charge in [0.15, 0.2) is 0 Å². The second kappa shape index (κ2) is 1.58. The smallest absolute Gasteiger partial charge is 0.0795 e. The molecule has 0 saturated carbocycles. The number of hydrogen-bond acceptors (Lipinski definition) is 2. The van der Waals surface area contributed by atoms with Gasteiger partial charge in [-0.15, -0.1) is 0 Å². The van der Waals surface area contributed by atoms with E-state index < -0.39 is 19.2 Å². The average molecular weight is 92.1 g/mol. The Bertz CT molecular complexity index is 146. The van der Waals surface area contributed by atoms with Crippen molar-refractivity contribution in [2.45, 2.75) is 12.5 Å². The van der Waals surface area contributed by atoms with Crippen LogP contribution in [0.15, 0.2) is 0 Å². The summed E-state index contributed by atoms with van der Waals surface area (Å²) >= 11 is 0. The van der Waals surface area contributed by atoms with Crippen LogP contribution in [0.3, 0.4) is 0 Å². The van der Waals surface area contributed by atoms with E-state index in [1.165, 1.54) is 0 Å². The molecule has 2 nitrogen and oxygen atoms in total. The molecule has 0 aromatic rings. The molecule has 1 N–H and O–H groups in total. The number of aliphatic hydroxyl groups excluding tert-OH is 1. The van der Waals surface area contributed by atoms with E-state index in [1.54, 1.807) is 0 Å². The van der Waals surface area contributed by atoms with Gasteiger partial charge in [0.1, 0.15) is 0 Å². The van der Waals surface area contributed by atoms with E-state index in [9.17, 15) is 0 Å². The van der Waals surface area contributed by atoms with Crippen molar-refractivity contribution in [3.63, 3.8) is 0 Å². The van der Waals surface area contributed by atoms with Crippen LogP contribution in [0.5, 0.6) is 0 Å². The van der Waals surface area contributed by atoms with Crippen molar-refractivity contribution in [1.29, 1.82) is 0 Å². The maximum absolute atomic E-state index is 8.85. The molecule has 0 spiro atoms. The van der Waals surface area contributed by atoms with Crippen molar-refractivity contribution in [2.24, 2.45) is 0 Å². The topological polar surface area (TPSA) is 29.5 Å². The molecule has 0 bridgehead atoms. The lowest BCUT2D eigenvalue weighted by molar-refractivity contribution is 0.127. The Morgan fingerprint density at radius 2 is 2.83 bits per heavy atom. The van der Waals surface area contributed by atoms with Gasteiger partial charge in [-0.1, -0.05) is 0 Å². The highest BCUT2D eigenvalue weighted by atomic mass is 16.5. The van der Waals surface area contributed by atoms with Gasteiger partial charge in [-0.2, -0.15) is 0 Å². The van der Waals surface area contributed by atoms with Crippen LogP contribution in [0.25, 0.3) is 0 Å². The van der Waals surface area contributed by atoms with E-state index in [2.05, 4.69) is 4.74 Å². The van der Waals surface area contributed by atoms with E-state index in [1.807, 2.05) is 0 Å². The summed E-state index contributed by atoms with van der Waals surface area (Å²) in [4.78, 5) is 0. The largest absolute Gasteiger partial charge is 0.391 e. The molecule has 0 aliphatic carbocycles. The Morgan fingerprint density at radius 3 is 3.00 bits per heavy atom. The number of aliphatic hydroxyl groups is 1. The minimum absolute atomic E-state index is 0.306. The zero-order valence-electron chi connectivity index (χ0n) is 7.14. The van der Waals surface area contributed by atoms with Gasteiger partial charge in [0.05, 0.1) is 18.1 Å². The van der Waals surface area contributed by atoms with E-state index in [0.29, 0.717) is 0 Å². The third-order valence-electron chi connectivity index (χ3n) is 0.544. The lowest BCUT2D eigenvalue weighted by atomic mass is 10.3.